The zero-order valence-corrected chi connectivity index (χ0v) is 12.8. The average molecular weight is 316 g/mol. The Morgan fingerprint density at radius 2 is 1.83 bits per heavy atom. The molecule has 2 aromatic carbocycles. The third-order valence-electron chi connectivity index (χ3n) is 3.09. The number of benzene rings is 2. The lowest BCUT2D eigenvalue weighted by atomic mass is 10.1. The Bertz CT molecular complexity index is 718. The van der Waals surface area contributed by atoms with Crippen LogP contribution in [0.25, 0.3) is 0 Å². The van der Waals surface area contributed by atoms with Gasteiger partial charge in [0, 0.05) is 5.56 Å². The van der Waals surface area contributed by atoms with Crippen molar-refractivity contribution in [2.75, 3.05) is 0 Å². The summed E-state index contributed by atoms with van der Waals surface area (Å²) in [5.74, 6) is -1.62. The van der Waals surface area contributed by atoms with Crippen molar-refractivity contribution in [2.24, 2.45) is 0 Å². The SMILES string of the molecule is Cc1cccc(C(=O)NNC(=O)[C@H](C)Oc2ccccc2F)c1. The van der Waals surface area contributed by atoms with Crippen LogP contribution in [-0.2, 0) is 4.79 Å². The normalized spacial score (nSPS) is 11.4. The van der Waals surface area contributed by atoms with E-state index in [1.807, 2.05) is 13.0 Å². The monoisotopic (exact) mass is 316 g/mol. The quantitative estimate of drug-likeness (QED) is 0.851. The van der Waals surface area contributed by atoms with Crippen molar-refractivity contribution in [1.82, 2.24) is 10.9 Å². The van der Waals surface area contributed by atoms with Crippen LogP contribution >= 0.6 is 0 Å². The predicted molar refractivity (Wildman–Crippen MR) is 83.3 cm³/mol. The van der Waals surface area contributed by atoms with Crippen LogP contribution in [0.5, 0.6) is 5.75 Å². The van der Waals surface area contributed by atoms with Gasteiger partial charge in [-0.2, -0.15) is 0 Å². The molecule has 2 N–H and O–H groups in total. The maximum atomic E-state index is 13.5. The van der Waals surface area contributed by atoms with Crippen LogP contribution in [0, 0.1) is 12.7 Å². The number of rotatable bonds is 4. The van der Waals surface area contributed by atoms with Crippen LogP contribution in [0.2, 0.25) is 0 Å². The Labute approximate surface area is 133 Å². The molecule has 5 nitrogen and oxygen atoms in total. The van der Waals surface area contributed by atoms with Crippen LogP contribution in [0.3, 0.4) is 0 Å². The Hall–Kier alpha value is -2.89. The van der Waals surface area contributed by atoms with Gasteiger partial charge in [-0.05, 0) is 38.1 Å². The zero-order valence-electron chi connectivity index (χ0n) is 12.8. The molecule has 0 aliphatic rings. The molecule has 6 heteroatoms. The van der Waals surface area contributed by atoms with E-state index in [0.717, 1.165) is 5.56 Å². The van der Waals surface area contributed by atoms with Gasteiger partial charge in [0.25, 0.3) is 11.8 Å². The number of hydrogen-bond acceptors (Lipinski definition) is 3. The summed E-state index contributed by atoms with van der Waals surface area (Å²) >= 11 is 0. The molecule has 0 unspecified atom stereocenters. The standard InChI is InChI=1S/C17H17FN2O3/c1-11-6-5-7-13(10-11)17(22)20-19-16(21)12(2)23-15-9-4-3-8-14(15)18/h3-10,12H,1-2H3,(H,19,21)(H,20,22)/t12-/m0/s1. The first kappa shape index (κ1) is 16.5. The lowest BCUT2D eigenvalue weighted by molar-refractivity contribution is -0.128. The number of nitrogens with one attached hydrogen (secondary N) is 2. The summed E-state index contributed by atoms with van der Waals surface area (Å²) in [6.07, 6.45) is -0.968. The number of hydrogen-bond donors (Lipinski definition) is 2. The van der Waals surface area contributed by atoms with Crippen molar-refractivity contribution >= 4 is 11.8 Å². The number of ether oxygens (including phenoxy) is 1. The van der Waals surface area contributed by atoms with Gasteiger partial charge in [-0.25, -0.2) is 4.39 Å². The van der Waals surface area contributed by atoms with E-state index in [-0.39, 0.29) is 5.75 Å². The average Bonchev–Trinajstić information content (AvgIpc) is 2.54. The highest BCUT2D eigenvalue weighted by molar-refractivity contribution is 5.95. The van der Waals surface area contributed by atoms with E-state index in [9.17, 15) is 14.0 Å². The van der Waals surface area contributed by atoms with Crippen molar-refractivity contribution in [1.29, 1.82) is 0 Å². The molecule has 23 heavy (non-hydrogen) atoms. The Kier molecular flexibility index (Phi) is 5.30. The number of carbonyl (C=O) groups excluding carboxylic acids is 2. The fourth-order valence-corrected chi connectivity index (χ4v) is 1.86. The van der Waals surface area contributed by atoms with Gasteiger partial charge < -0.3 is 4.74 Å². The molecule has 0 fully saturated rings. The van der Waals surface area contributed by atoms with Crippen LogP contribution < -0.4 is 15.6 Å². The fraction of sp³-hybridized carbons (Fsp3) is 0.176. The Morgan fingerprint density at radius 1 is 1.09 bits per heavy atom. The third kappa shape index (κ3) is 4.54. The highest BCUT2D eigenvalue weighted by Crippen LogP contribution is 2.16. The molecule has 0 aliphatic heterocycles. The van der Waals surface area contributed by atoms with E-state index >= 15 is 0 Å². The molecule has 0 aromatic heterocycles. The summed E-state index contributed by atoms with van der Waals surface area (Å²) in [6.45, 7) is 3.32. The van der Waals surface area contributed by atoms with Crippen molar-refractivity contribution < 1.29 is 18.7 Å². The molecule has 2 rings (SSSR count). The van der Waals surface area contributed by atoms with Crippen molar-refractivity contribution in [2.45, 2.75) is 20.0 Å². The van der Waals surface area contributed by atoms with Crippen molar-refractivity contribution in [3.63, 3.8) is 0 Å². The number of carbonyl (C=O) groups is 2. The molecule has 0 aliphatic carbocycles. The van der Waals surface area contributed by atoms with Crippen molar-refractivity contribution in [3.8, 4) is 5.75 Å². The molecule has 0 heterocycles. The summed E-state index contributed by atoms with van der Waals surface area (Å²) in [5.41, 5.74) is 5.90. The van der Waals surface area contributed by atoms with Crippen LogP contribution in [0.4, 0.5) is 4.39 Å². The molecule has 0 spiro atoms. The first-order valence-electron chi connectivity index (χ1n) is 7.05. The Balaban J connectivity index is 1.89. The minimum Gasteiger partial charge on any atom is -0.478 e. The van der Waals surface area contributed by atoms with Gasteiger partial charge in [0.1, 0.15) is 0 Å². The molecule has 2 aromatic rings. The van der Waals surface area contributed by atoms with E-state index in [0.29, 0.717) is 5.56 Å². The predicted octanol–water partition coefficient (Wildman–Crippen LogP) is 2.36. The molecule has 2 amide bonds. The molecule has 0 bridgehead atoms. The van der Waals surface area contributed by atoms with Crippen LogP contribution in [0.1, 0.15) is 22.8 Å². The number of aryl methyl sites for hydroxylation is 1. The summed E-state index contributed by atoms with van der Waals surface area (Å²) < 4.78 is 18.7. The largest absolute Gasteiger partial charge is 0.478 e. The molecule has 0 radical (unpaired) electrons. The molecule has 0 saturated carbocycles. The summed E-state index contributed by atoms with van der Waals surface area (Å²) in [7, 11) is 0. The highest BCUT2D eigenvalue weighted by Gasteiger charge is 2.17. The van der Waals surface area contributed by atoms with Gasteiger partial charge in [-0.15, -0.1) is 0 Å². The second-order valence-electron chi connectivity index (χ2n) is 5.00. The minimum atomic E-state index is -0.968. The summed E-state index contributed by atoms with van der Waals surface area (Å²) in [6, 6.07) is 12.7. The van der Waals surface area contributed by atoms with Crippen LogP contribution in [0.15, 0.2) is 48.5 Å². The molecule has 0 saturated heterocycles. The molecular weight excluding hydrogens is 299 g/mol. The number of hydrazine groups is 1. The third-order valence-corrected chi connectivity index (χ3v) is 3.09. The van der Waals surface area contributed by atoms with Gasteiger partial charge in [0.05, 0.1) is 0 Å². The Morgan fingerprint density at radius 3 is 2.52 bits per heavy atom. The summed E-state index contributed by atoms with van der Waals surface area (Å²) in [5, 5.41) is 0. The second-order valence-corrected chi connectivity index (χ2v) is 5.00. The first-order valence-corrected chi connectivity index (χ1v) is 7.05. The maximum Gasteiger partial charge on any atom is 0.279 e. The van der Waals surface area contributed by atoms with Gasteiger partial charge in [-0.1, -0.05) is 29.8 Å². The second kappa shape index (κ2) is 7.40. The fourth-order valence-electron chi connectivity index (χ4n) is 1.86. The van der Waals surface area contributed by atoms with E-state index < -0.39 is 23.7 Å². The van der Waals surface area contributed by atoms with Crippen molar-refractivity contribution in [3.05, 3.63) is 65.5 Å². The van der Waals surface area contributed by atoms with Gasteiger partial charge >= 0.3 is 0 Å². The van der Waals surface area contributed by atoms with Gasteiger partial charge in [-0.3, -0.25) is 20.4 Å². The number of para-hydroxylation sites is 1. The van der Waals surface area contributed by atoms with E-state index in [1.165, 1.54) is 25.1 Å². The van der Waals surface area contributed by atoms with Crippen LogP contribution in [-0.4, -0.2) is 17.9 Å². The lowest BCUT2D eigenvalue weighted by Gasteiger charge is -2.15. The van der Waals surface area contributed by atoms with Gasteiger partial charge in [0.2, 0.25) is 0 Å². The highest BCUT2D eigenvalue weighted by atomic mass is 19.1. The summed E-state index contributed by atoms with van der Waals surface area (Å²) in [4.78, 5) is 23.8. The number of halogens is 1. The van der Waals surface area contributed by atoms with E-state index in [2.05, 4.69) is 10.9 Å². The van der Waals surface area contributed by atoms with Gasteiger partial charge in [0.15, 0.2) is 17.7 Å². The topological polar surface area (TPSA) is 67.4 Å². The lowest BCUT2D eigenvalue weighted by Crippen LogP contribution is -2.47. The molecular formula is C17H17FN2O3. The zero-order chi connectivity index (χ0) is 16.8. The maximum absolute atomic E-state index is 13.5. The number of amides is 2. The molecule has 120 valence electrons. The van der Waals surface area contributed by atoms with E-state index in [1.54, 1.807) is 24.3 Å². The molecule has 1 atom stereocenters. The minimum absolute atomic E-state index is 0.0276. The first-order chi connectivity index (χ1) is 11.0. The smallest absolute Gasteiger partial charge is 0.279 e. The van der Waals surface area contributed by atoms with E-state index in [4.69, 9.17) is 4.74 Å².